The van der Waals surface area contributed by atoms with Gasteiger partial charge in [0.05, 0.1) is 6.42 Å². The molecule has 8 heteroatoms. The Morgan fingerprint density at radius 2 is 1.86 bits per heavy atom. The number of carbonyl (C=O) groups excluding carboxylic acids is 2. The van der Waals surface area contributed by atoms with Crippen molar-refractivity contribution in [2.24, 2.45) is 0 Å². The number of hydrogen-bond acceptors (Lipinski definition) is 2. The van der Waals surface area contributed by atoms with E-state index in [0.29, 0.717) is 22.2 Å². The first-order valence-corrected chi connectivity index (χ1v) is 10.3. The monoisotopic (exact) mass is 458 g/mol. The summed E-state index contributed by atoms with van der Waals surface area (Å²) in [6.07, 6.45) is 0.488. The Labute approximate surface area is 184 Å². The van der Waals surface area contributed by atoms with Crippen LogP contribution in [0.3, 0.4) is 0 Å². The van der Waals surface area contributed by atoms with Crippen molar-refractivity contribution in [3.8, 4) is 0 Å². The summed E-state index contributed by atoms with van der Waals surface area (Å²) >= 11 is 18.3. The molecule has 0 aliphatic carbocycles. The minimum atomic E-state index is -0.786. The fraction of sp³-hybridized carbons (Fsp3) is 0.333. The maximum Gasteiger partial charge on any atom is 0.242 e. The summed E-state index contributed by atoms with van der Waals surface area (Å²) in [6.45, 7) is 4.12. The lowest BCUT2D eigenvalue weighted by atomic mass is 10.1. The molecule has 0 heterocycles. The van der Waals surface area contributed by atoms with E-state index in [2.05, 4.69) is 5.32 Å². The van der Waals surface area contributed by atoms with E-state index in [9.17, 15) is 14.0 Å². The molecule has 0 aliphatic rings. The first kappa shape index (κ1) is 23.5. The van der Waals surface area contributed by atoms with Gasteiger partial charge in [0.15, 0.2) is 0 Å². The minimum Gasteiger partial charge on any atom is -0.354 e. The lowest BCUT2D eigenvalue weighted by Crippen LogP contribution is -2.48. The number of halogens is 4. The van der Waals surface area contributed by atoms with Crippen molar-refractivity contribution in [3.05, 3.63) is 68.4 Å². The molecule has 1 atom stereocenters. The summed E-state index contributed by atoms with van der Waals surface area (Å²) in [6, 6.07) is 8.36. The van der Waals surface area contributed by atoms with Crippen LogP contribution in [-0.4, -0.2) is 29.3 Å². The topological polar surface area (TPSA) is 49.4 Å². The molecule has 0 bridgehead atoms. The van der Waals surface area contributed by atoms with Gasteiger partial charge in [-0.1, -0.05) is 53.9 Å². The maximum atomic E-state index is 14.2. The Hall–Kier alpha value is -1.82. The van der Waals surface area contributed by atoms with Gasteiger partial charge in [0.2, 0.25) is 11.8 Å². The first-order chi connectivity index (χ1) is 13.7. The highest BCUT2D eigenvalue weighted by atomic mass is 35.5. The van der Waals surface area contributed by atoms with Crippen LogP contribution in [0, 0.1) is 5.82 Å². The van der Waals surface area contributed by atoms with E-state index in [-0.39, 0.29) is 29.5 Å². The average Bonchev–Trinajstić information content (AvgIpc) is 2.67. The summed E-state index contributed by atoms with van der Waals surface area (Å²) in [5.41, 5.74) is 0.715. The van der Waals surface area contributed by atoms with Gasteiger partial charge in [0.25, 0.3) is 0 Å². The van der Waals surface area contributed by atoms with Crippen molar-refractivity contribution in [2.75, 3.05) is 6.54 Å². The van der Waals surface area contributed by atoms with Crippen molar-refractivity contribution in [1.29, 1.82) is 0 Å². The fourth-order valence-electron chi connectivity index (χ4n) is 2.77. The molecule has 2 rings (SSSR count). The van der Waals surface area contributed by atoms with Crippen molar-refractivity contribution >= 4 is 46.6 Å². The van der Waals surface area contributed by atoms with Gasteiger partial charge < -0.3 is 10.2 Å². The summed E-state index contributed by atoms with van der Waals surface area (Å²) in [5.74, 6) is -1.31. The van der Waals surface area contributed by atoms with Crippen LogP contribution < -0.4 is 5.32 Å². The van der Waals surface area contributed by atoms with Gasteiger partial charge in [-0.05, 0) is 43.2 Å². The van der Waals surface area contributed by atoms with Crippen LogP contribution in [0.2, 0.25) is 15.1 Å². The van der Waals surface area contributed by atoms with E-state index in [1.54, 1.807) is 25.1 Å². The molecule has 0 saturated carbocycles. The van der Waals surface area contributed by atoms with Gasteiger partial charge in [-0.25, -0.2) is 4.39 Å². The number of carbonyl (C=O) groups is 2. The molecule has 156 valence electrons. The van der Waals surface area contributed by atoms with Gasteiger partial charge in [-0.15, -0.1) is 0 Å². The standard InChI is InChI=1S/C21H22Cl3FN2O2/c1-3-9-26-21(29)13(2)27(12-14-7-8-15(22)10-18(14)24)20(28)11-16-17(23)5-4-6-19(16)25/h4-8,10,13H,3,9,11-12H2,1-2H3,(H,26,29)/t13-/m0/s1. The van der Waals surface area contributed by atoms with E-state index in [1.165, 1.54) is 23.1 Å². The van der Waals surface area contributed by atoms with E-state index < -0.39 is 17.8 Å². The average molecular weight is 460 g/mol. The second-order valence-electron chi connectivity index (χ2n) is 6.60. The van der Waals surface area contributed by atoms with Crippen molar-refractivity contribution in [1.82, 2.24) is 10.2 Å². The van der Waals surface area contributed by atoms with Crippen LogP contribution >= 0.6 is 34.8 Å². The highest BCUT2D eigenvalue weighted by Crippen LogP contribution is 2.25. The predicted molar refractivity (Wildman–Crippen MR) is 115 cm³/mol. The molecule has 2 aromatic carbocycles. The second-order valence-corrected chi connectivity index (χ2v) is 7.85. The molecule has 1 N–H and O–H groups in total. The lowest BCUT2D eigenvalue weighted by Gasteiger charge is -2.29. The minimum absolute atomic E-state index is 0.0711. The van der Waals surface area contributed by atoms with Crippen molar-refractivity contribution < 1.29 is 14.0 Å². The van der Waals surface area contributed by atoms with E-state index >= 15 is 0 Å². The van der Waals surface area contributed by atoms with Crippen molar-refractivity contribution in [3.63, 3.8) is 0 Å². The summed E-state index contributed by atoms with van der Waals surface area (Å²) in [7, 11) is 0. The van der Waals surface area contributed by atoms with E-state index in [1.807, 2.05) is 6.92 Å². The molecule has 0 unspecified atom stereocenters. The SMILES string of the molecule is CCCNC(=O)[C@H](C)N(Cc1ccc(Cl)cc1Cl)C(=O)Cc1c(F)cccc1Cl. The smallest absolute Gasteiger partial charge is 0.242 e. The van der Waals surface area contributed by atoms with Crippen LogP contribution in [-0.2, 0) is 22.6 Å². The van der Waals surface area contributed by atoms with Gasteiger partial charge in [-0.2, -0.15) is 0 Å². The normalized spacial score (nSPS) is 11.8. The molecule has 0 aromatic heterocycles. The predicted octanol–water partition coefficient (Wildman–Crippen LogP) is 5.27. The molecule has 4 nitrogen and oxygen atoms in total. The molecule has 0 spiro atoms. The second kappa shape index (κ2) is 10.8. The Kier molecular flexibility index (Phi) is 8.75. The first-order valence-electron chi connectivity index (χ1n) is 9.18. The molecule has 2 aromatic rings. The van der Waals surface area contributed by atoms with Crippen LogP contribution in [0.4, 0.5) is 4.39 Å². The number of rotatable bonds is 8. The molecule has 0 radical (unpaired) electrons. The fourth-order valence-corrected chi connectivity index (χ4v) is 3.46. The van der Waals surface area contributed by atoms with Gasteiger partial charge in [0, 0.05) is 33.7 Å². The summed E-state index contributed by atoms with van der Waals surface area (Å²) in [5, 5.41) is 3.77. The third kappa shape index (κ3) is 6.33. The zero-order valence-electron chi connectivity index (χ0n) is 16.1. The molecule has 2 amide bonds. The number of nitrogens with zero attached hydrogens (tertiary/aromatic N) is 1. The Bertz CT molecular complexity index is 872. The molecule has 29 heavy (non-hydrogen) atoms. The van der Waals surface area contributed by atoms with Gasteiger partial charge >= 0.3 is 0 Å². The lowest BCUT2D eigenvalue weighted by molar-refractivity contribution is -0.140. The van der Waals surface area contributed by atoms with Crippen molar-refractivity contribution in [2.45, 2.75) is 39.3 Å². The zero-order chi connectivity index (χ0) is 21.6. The third-order valence-corrected chi connectivity index (χ3v) is 5.40. The van der Waals surface area contributed by atoms with Crippen LogP contribution in [0.1, 0.15) is 31.4 Å². The zero-order valence-corrected chi connectivity index (χ0v) is 18.4. The largest absolute Gasteiger partial charge is 0.354 e. The van der Waals surface area contributed by atoms with Gasteiger partial charge in [0.1, 0.15) is 11.9 Å². The summed E-state index contributed by atoms with van der Waals surface area (Å²) < 4.78 is 14.2. The maximum absolute atomic E-state index is 14.2. The number of amides is 2. The highest BCUT2D eigenvalue weighted by molar-refractivity contribution is 6.35. The number of benzene rings is 2. The Morgan fingerprint density at radius 1 is 1.14 bits per heavy atom. The van der Waals surface area contributed by atoms with Crippen LogP contribution in [0.15, 0.2) is 36.4 Å². The Morgan fingerprint density at radius 3 is 2.48 bits per heavy atom. The van der Waals surface area contributed by atoms with Gasteiger partial charge in [-0.3, -0.25) is 9.59 Å². The molecule has 0 fully saturated rings. The van der Waals surface area contributed by atoms with Crippen LogP contribution in [0.25, 0.3) is 0 Å². The summed E-state index contributed by atoms with van der Waals surface area (Å²) in [4.78, 5) is 26.9. The molecular weight excluding hydrogens is 438 g/mol. The third-order valence-electron chi connectivity index (χ3n) is 4.46. The highest BCUT2D eigenvalue weighted by Gasteiger charge is 2.27. The molecule has 0 saturated heterocycles. The van der Waals surface area contributed by atoms with E-state index in [0.717, 1.165) is 6.42 Å². The Balaban J connectivity index is 2.32. The molecular formula is C21H22Cl3FN2O2. The number of hydrogen-bond donors (Lipinski definition) is 1. The molecule has 0 aliphatic heterocycles. The number of nitrogens with one attached hydrogen (secondary N) is 1. The van der Waals surface area contributed by atoms with E-state index in [4.69, 9.17) is 34.8 Å². The quantitative estimate of drug-likeness (QED) is 0.584. The van der Waals surface area contributed by atoms with Crippen LogP contribution in [0.5, 0.6) is 0 Å².